The standard InChI is InChI=1S/C18H18N2O4S/c1-23-15-9-8-14(16(11-15)24-2)12-20-25(21,22)17-7-3-5-13-6-4-10-19-18(13)17/h3-11,20H,12H2,1-2H3. The molecule has 7 heteroatoms. The molecular formula is C18H18N2O4S. The van der Waals surface area contributed by atoms with Gasteiger partial charge in [0.05, 0.1) is 19.7 Å². The molecule has 0 fully saturated rings. The molecular weight excluding hydrogens is 340 g/mol. The summed E-state index contributed by atoms with van der Waals surface area (Å²) < 4.78 is 38.5. The zero-order chi connectivity index (χ0) is 17.9. The van der Waals surface area contributed by atoms with Crippen LogP contribution in [0.15, 0.2) is 59.6 Å². The molecule has 0 amide bonds. The summed E-state index contributed by atoms with van der Waals surface area (Å²) in [4.78, 5) is 4.35. The van der Waals surface area contributed by atoms with Gasteiger partial charge in [-0.3, -0.25) is 4.98 Å². The molecule has 0 aliphatic carbocycles. The van der Waals surface area contributed by atoms with E-state index in [1.807, 2.05) is 12.1 Å². The van der Waals surface area contributed by atoms with Crippen molar-refractivity contribution in [3.8, 4) is 11.5 Å². The third-order valence-corrected chi connectivity index (χ3v) is 5.26. The highest BCUT2D eigenvalue weighted by atomic mass is 32.2. The van der Waals surface area contributed by atoms with Gasteiger partial charge in [-0.1, -0.05) is 24.3 Å². The van der Waals surface area contributed by atoms with Crippen LogP contribution in [-0.4, -0.2) is 27.6 Å². The van der Waals surface area contributed by atoms with Crippen LogP contribution in [-0.2, 0) is 16.6 Å². The van der Waals surface area contributed by atoms with Crippen LogP contribution >= 0.6 is 0 Å². The second-order valence-electron chi connectivity index (χ2n) is 5.33. The number of nitrogens with one attached hydrogen (secondary N) is 1. The lowest BCUT2D eigenvalue weighted by atomic mass is 10.2. The fourth-order valence-electron chi connectivity index (χ4n) is 2.54. The van der Waals surface area contributed by atoms with Crippen molar-refractivity contribution in [1.82, 2.24) is 9.71 Å². The number of methoxy groups -OCH3 is 2. The summed E-state index contributed by atoms with van der Waals surface area (Å²) in [5, 5.41) is 0.771. The molecule has 1 aromatic heterocycles. The number of hydrogen-bond acceptors (Lipinski definition) is 5. The molecule has 2 aromatic carbocycles. The number of benzene rings is 2. The maximum atomic E-state index is 12.7. The van der Waals surface area contributed by atoms with Gasteiger partial charge in [0.25, 0.3) is 0 Å². The van der Waals surface area contributed by atoms with Crippen LogP contribution in [0.3, 0.4) is 0 Å². The van der Waals surface area contributed by atoms with Crippen LogP contribution in [0.5, 0.6) is 11.5 Å². The Morgan fingerprint density at radius 1 is 1.04 bits per heavy atom. The summed E-state index contributed by atoms with van der Waals surface area (Å²) in [6.07, 6.45) is 1.58. The number of sulfonamides is 1. The van der Waals surface area contributed by atoms with Crippen molar-refractivity contribution in [3.63, 3.8) is 0 Å². The molecule has 0 atom stereocenters. The first kappa shape index (κ1) is 17.2. The molecule has 0 unspecified atom stereocenters. The Kier molecular flexibility index (Phi) is 4.87. The first-order valence-corrected chi connectivity index (χ1v) is 9.08. The minimum Gasteiger partial charge on any atom is -0.497 e. The van der Waals surface area contributed by atoms with Gasteiger partial charge in [0.15, 0.2) is 0 Å². The van der Waals surface area contributed by atoms with Crippen LogP contribution in [0, 0.1) is 0 Å². The number of para-hydroxylation sites is 1. The molecule has 1 heterocycles. The number of hydrogen-bond donors (Lipinski definition) is 1. The Labute approximate surface area is 146 Å². The number of fused-ring (bicyclic) bond motifs is 1. The highest BCUT2D eigenvalue weighted by molar-refractivity contribution is 7.89. The number of aromatic nitrogens is 1. The first-order chi connectivity index (χ1) is 12.0. The number of rotatable bonds is 6. The lowest BCUT2D eigenvalue weighted by molar-refractivity contribution is 0.390. The van der Waals surface area contributed by atoms with Gasteiger partial charge >= 0.3 is 0 Å². The summed E-state index contributed by atoms with van der Waals surface area (Å²) in [5.41, 5.74) is 1.15. The van der Waals surface area contributed by atoms with Crippen molar-refractivity contribution >= 4 is 20.9 Å². The summed E-state index contributed by atoms with van der Waals surface area (Å²) in [5.74, 6) is 1.19. The summed E-state index contributed by atoms with van der Waals surface area (Å²) in [7, 11) is -0.636. The first-order valence-electron chi connectivity index (χ1n) is 7.59. The zero-order valence-corrected chi connectivity index (χ0v) is 14.7. The SMILES string of the molecule is COc1ccc(CNS(=O)(=O)c2cccc3cccnc23)c(OC)c1. The molecule has 1 N–H and O–H groups in total. The molecule has 0 saturated heterocycles. The van der Waals surface area contributed by atoms with Crippen molar-refractivity contribution in [3.05, 3.63) is 60.3 Å². The van der Waals surface area contributed by atoms with E-state index in [-0.39, 0.29) is 11.4 Å². The minimum atomic E-state index is -3.73. The Morgan fingerprint density at radius 2 is 1.84 bits per heavy atom. The van der Waals surface area contributed by atoms with E-state index in [1.165, 1.54) is 7.11 Å². The van der Waals surface area contributed by atoms with E-state index in [0.29, 0.717) is 22.6 Å². The predicted molar refractivity (Wildman–Crippen MR) is 95.3 cm³/mol. The van der Waals surface area contributed by atoms with Crippen LogP contribution < -0.4 is 14.2 Å². The van der Waals surface area contributed by atoms with Gasteiger partial charge in [0.2, 0.25) is 10.0 Å². The molecule has 0 saturated carbocycles. The second-order valence-corrected chi connectivity index (χ2v) is 7.07. The van der Waals surface area contributed by atoms with Crippen LogP contribution in [0.1, 0.15) is 5.56 Å². The van der Waals surface area contributed by atoms with E-state index in [0.717, 1.165) is 5.39 Å². The third-order valence-electron chi connectivity index (χ3n) is 3.83. The topological polar surface area (TPSA) is 77.5 Å². The van der Waals surface area contributed by atoms with E-state index in [1.54, 1.807) is 49.7 Å². The maximum Gasteiger partial charge on any atom is 0.243 e. The molecule has 25 heavy (non-hydrogen) atoms. The van der Waals surface area contributed by atoms with Crippen LogP contribution in [0.4, 0.5) is 0 Å². The van der Waals surface area contributed by atoms with E-state index in [9.17, 15) is 8.42 Å². The average molecular weight is 358 g/mol. The van der Waals surface area contributed by atoms with Crippen molar-refractivity contribution in [2.75, 3.05) is 14.2 Å². The highest BCUT2D eigenvalue weighted by Crippen LogP contribution is 2.25. The second kappa shape index (κ2) is 7.08. The fraction of sp³-hybridized carbons (Fsp3) is 0.167. The Bertz CT molecular complexity index is 998. The molecule has 0 aliphatic rings. The highest BCUT2D eigenvalue weighted by Gasteiger charge is 2.18. The molecule has 3 rings (SSSR count). The van der Waals surface area contributed by atoms with Gasteiger partial charge in [-0.15, -0.1) is 0 Å². The van der Waals surface area contributed by atoms with Crippen LogP contribution in [0.25, 0.3) is 10.9 Å². The monoisotopic (exact) mass is 358 g/mol. The number of pyridine rings is 1. The van der Waals surface area contributed by atoms with Crippen molar-refractivity contribution < 1.29 is 17.9 Å². The van der Waals surface area contributed by atoms with E-state index >= 15 is 0 Å². The van der Waals surface area contributed by atoms with E-state index in [4.69, 9.17) is 9.47 Å². The summed E-state index contributed by atoms with van der Waals surface area (Å²) in [6, 6.07) is 13.9. The molecule has 0 radical (unpaired) electrons. The largest absolute Gasteiger partial charge is 0.497 e. The average Bonchev–Trinajstić information content (AvgIpc) is 2.65. The third kappa shape index (κ3) is 3.57. The van der Waals surface area contributed by atoms with Gasteiger partial charge in [-0.25, -0.2) is 13.1 Å². The van der Waals surface area contributed by atoms with Gasteiger partial charge in [0, 0.05) is 29.8 Å². The minimum absolute atomic E-state index is 0.0960. The van der Waals surface area contributed by atoms with Gasteiger partial charge in [0.1, 0.15) is 16.4 Å². The van der Waals surface area contributed by atoms with Gasteiger partial charge in [-0.05, 0) is 18.2 Å². The quantitative estimate of drug-likeness (QED) is 0.733. The van der Waals surface area contributed by atoms with Crippen LogP contribution in [0.2, 0.25) is 0 Å². The normalized spacial score (nSPS) is 11.4. The Morgan fingerprint density at radius 3 is 2.60 bits per heavy atom. The van der Waals surface area contributed by atoms with Gasteiger partial charge in [-0.2, -0.15) is 0 Å². The predicted octanol–water partition coefficient (Wildman–Crippen LogP) is 2.73. The molecule has 0 bridgehead atoms. The van der Waals surface area contributed by atoms with Crippen molar-refractivity contribution in [1.29, 1.82) is 0 Å². The number of nitrogens with zero attached hydrogens (tertiary/aromatic N) is 1. The zero-order valence-electron chi connectivity index (χ0n) is 13.9. The molecule has 0 spiro atoms. The van der Waals surface area contributed by atoms with Crippen molar-refractivity contribution in [2.45, 2.75) is 11.4 Å². The fourth-order valence-corrected chi connectivity index (χ4v) is 3.73. The maximum absolute atomic E-state index is 12.7. The smallest absolute Gasteiger partial charge is 0.243 e. The van der Waals surface area contributed by atoms with Crippen molar-refractivity contribution in [2.24, 2.45) is 0 Å². The molecule has 6 nitrogen and oxygen atoms in total. The Hall–Kier alpha value is -2.64. The van der Waals surface area contributed by atoms with Gasteiger partial charge < -0.3 is 9.47 Å². The lowest BCUT2D eigenvalue weighted by Crippen LogP contribution is -2.24. The van der Waals surface area contributed by atoms with E-state index < -0.39 is 10.0 Å². The molecule has 0 aliphatic heterocycles. The molecule has 3 aromatic rings. The van der Waals surface area contributed by atoms with E-state index in [2.05, 4.69) is 9.71 Å². The number of ether oxygens (including phenoxy) is 2. The molecule has 130 valence electrons. The Balaban J connectivity index is 1.90. The summed E-state index contributed by atoms with van der Waals surface area (Å²) >= 11 is 0. The lowest BCUT2D eigenvalue weighted by Gasteiger charge is -2.12. The summed E-state index contributed by atoms with van der Waals surface area (Å²) in [6.45, 7) is 0.0960.